The summed E-state index contributed by atoms with van der Waals surface area (Å²) in [5, 5.41) is 5.77. The Balaban J connectivity index is 1.67. The molecular formula is C23H40N4O4S. The van der Waals surface area contributed by atoms with E-state index in [1.165, 1.54) is 43.4 Å². The molecule has 0 radical (unpaired) electrons. The first kappa shape index (κ1) is 26.5. The van der Waals surface area contributed by atoms with Gasteiger partial charge >= 0.3 is 0 Å². The number of carbonyl (C=O) groups excluding carboxylic acids is 4. The zero-order valence-electron chi connectivity index (χ0n) is 19.4. The molecule has 0 spiro atoms. The molecule has 0 aromatic heterocycles. The first-order chi connectivity index (χ1) is 15.4. The molecule has 8 nitrogen and oxygen atoms in total. The minimum Gasteiger partial charge on any atom is -0.368 e. The molecule has 0 aromatic carbocycles. The summed E-state index contributed by atoms with van der Waals surface area (Å²) in [6.45, 7) is 2.58. The highest BCUT2D eigenvalue weighted by atomic mass is 32.2. The zero-order valence-corrected chi connectivity index (χ0v) is 20.2. The second kappa shape index (κ2) is 14.4. The lowest BCUT2D eigenvalue weighted by molar-refractivity contribution is -0.136. The number of nitrogens with one attached hydrogen (secondary N) is 2. The second-order valence-electron chi connectivity index (χ2n) is 9.07. The molecule has 1 aliphatic carbocycles. The summed E-state index contributed by atoms with van der Waals surface area (Å²) < 4.78 is 0. The second-order valence-corrected chi connectivity index (χ2v) is 10.0. The van der Waals surface area contributed by atoms with E-state index in [2.05, 4.69) is 10.6 Å². The number of nitrogens with zero attached hydrogens (tertiary/aromatic N) is 1. The third-order valence-corrected chi connectivity index (χ3v) is 7.22. The predicted molar refractivity (Wildman–Crippen MR) is 127 cm³/mol. The smallest absolute Gasteiger partial charge is 0.279 e. The van der Waals surface area contributed by atoms with Crippen LogP contribution in [-0.2, 0) is 14.4 Å². The molecule has 32 heavy (non-hydrogen) atoms. The van der Waals surface area contributed by atoms with Crippen LogP contribution < -0.4 is 16.4 Å². The first-order valence-corrected chi connectivity index (χ1v) is 13.2. The van der Waals surface area contributed by atoms with Gasteiger partial charge in [0.05, 0.1) is 5.75 Å². The molecule has 1 aliphatic heterocycles. The van der Waals surface area contributed by atoms with Crippen LogP contribution in [0.5, 0.6) is 0 Å². The molecule has 2 aliphatic rings. The summed E-state index contributed by atoms with van der Waals surface area (Å²) >= 11 is 0.999. The Morgan fingerprint density at radius 1 is 1.06 bits per heavy atom. The molecule has 182 valence electrons. The maximum Gasteiger partial charge on any atom is 0.279 e. The van der Waals surface area contributed by atoms with Gasteiger partial charge in [0.1, 0.15) is 6.04 Å². The van der Waals surface area contributed by atoms with Gasteiger partial charge < -0.3 is 21.3 Å². The van der Waals surface area contributed by atoms with E-state index in [-0.39, 0.29) is 34.8 Å². The van der Waals surface area contributed by atoms with Gasteiger partial charge in [-0.1, -0.05) is 70.1 Å². The Hall–Kier alpha value is -1.77. The van der Waals surface area contributed by atoms with Gasteiger partial charge in [-0.05, 0) is 19.3 Å². The molecule has 2 atom stereocenters. The van der Waals surface area contributed by atoms with Crippen LogP contribution in [0.3, 0.4) is 0 Å². The van der Waals surface area contributed by atoms with Gasteiger partial charge in [0.25, 0.3) is 5.24 Å². The molecule has 0 bridgehead atoms. The van der Waals surface area contributed by atoms with Crippen molar-refractivity contribution >= 4 is 34.7 Å². The number of nitrogens with two attached hydrogens (primary N) is 1. The number of primary amides is 1. The van der Waals surface area contributed by atoms with Gasteiger partial charge in [-0.2, -0.15) is 0 Å². The van der Waals surface area contributed by atoms with Gasteiger partial charge in [-0.3, -0.25) is 19.2 Å². The molecule has 1 heterocycles. The van der Waals surface area contributed by atoms with E-state index in [1.54, 1.807) is 0 Å². The normalized spacial score (nSPS) is 22.1. The lowest BCUT2D eigenvalue weighted by Crippen LogP contribution is -2.45. The van der Waals surface area contributed by atoms with Crippen LogP contribution in [0.25, 0.3) is 0 Å². The van der Waals surface area contributed by atoms with Crippen LogP contribution in [0.2, 0.25) is 0 Å². The molecule has 4 amide bonds. The lowest BCUT2D eigenvalue weighted by Gasteiger charge is -2.24. The van der Waals surface area contributed by atoms with Crippen molar-refractivity contribution < 1.29 is 19.2 Å². The summed E-state index contributed by atoms with van der Waals surface area (Å²) in [6.07, 6.45) is 12.7. The monoisotopic (exact) mass is 468 g/mol. The van der Waals surface area contributed by atoms with Gasteiger partial charge in [0.2, 0.25) is 17.7 Å². The van der Waals surface area contributed by atoms with Crippen LogP contribution >= 0.6 is 11.8 Å². The Morgan fingerprint density at radius 2 is 1.66 bits per heavy atom. The van der Waals surface area contributed by atoms with Crippen LogP contribution in [0.15, 0.2) is 0 Å². The molecule has 9 heteroatoms. The number of rotatable bonds is 8. The highest BCUT2D eigenvalue weighted by molar-refractivity contribution is 8.14. The summed E-state index contributed by atoms with van der Waals surface area (Å²) in [5.74, 6) is -0.822. The highest BCUT2D eigenvalue weighted by Gasteiger charge is 2.35. The molecule has 4 N–H and O–H groups in total. The SMILES string of the molecule is CC[C@H](C(N)=O)N1CC(CNC(=O)CSC(=O)NC2CCCCCCCCCC2)CC1=O. The van der Waals surface area contributed by atoms with E-state index in [0.717, 1.165) is 37.4 Å². The maximum atomic E-state index is 12.3. The Bertz CT molecular complexity index is 633. The fourth-order valence-corrected chi connectivity index (χ4v) is 5.22. The maximum absolute atomic E-state index is 12.3. The van der Waals surface area contributed by atoms with Crippen molar-refractivity contribution in [1.29, 1.82) is 0 Å². The fraction of sp³-hybridized carbons (Fsp3) is 0.826. The van der Waals surface area contributed by atoms with Crippen LogP contribution in [0.1, 0.15) is 84.0 Å². The van der Waals surface area contributed by atoms with Crippen molar-refractivity contribution in [3.63, 3.8) is 0 Å². The van der Waals surface area contributed by atoms with Crippen molar-refractivity contribution in [3.05, 3.63) is 0 Å². The lowest BCUT2D eigenvalue weighted by atomic mass is 10.0. The Morgan fingerprint density at radius 3 is 2.22 bits per heavy atom. The molecular weight excluding hydrogens is 428 g/mol. The van der Waals surface area contributed by atoms with Crippen LogP contribution in [-0.4, -0.2) is 58.8 Å². The Kier molecular flexibility index (Phi) is 11.9. The molecule has 1 unspecified atom stereocenters. The summed E-state index contributed by atoms with van der Waals surface area (Å²) in [5.41, 5.74) is 5.39. The molecule has 0 aromatic rings. The van der Waals surface area contributed by atoms with Crippen molar-refractivity contribution in [2.45, 2.75) is 96.1 Å². The third-order valence-electron chi connectivity index (χ3n) is 6.43. The van der Waals surface area contributed by atoms with Crippen molar-refractivity contribution in [1.82, 2.24) is 15.5 Å². The summed E-state index contributed by atoms with van der Waals surface area (Å²) in [4.78, 5) is 49.8. The Labute approximate surface area is 196 Å². The van der Waals surface area contributed by atoms with E-state index in [4.69, 9.17) is 5.73 Å². The van der Waals surface area contributed by atoms with Gasteiger partial charge in [0, 0.05) is 31.5 Å². The number of likely N-dealkylation sites (tertiary alicyclic amines) is 1. The minimum absolute atomic E-state index is 0.0503. The fourth-order valence-electron chi connectivity index (χ4n) is 4.60. The number of hydrogen-bond donors (Lipinski definition) is 3. The molecule has 2 rings (SSSR count). The van der Waals surface area contributed by atoms with E-state index < -0.39 is 11.9 Å². The summed E-state index contributed by atoms with van der Waals surface area (Å²) in [6, 6.07) is -0.391. The topological polar surface area (TPSA) is 122 Å². The first-order valence-electron chi connectivity index (χ1n) is 12.2. The van der Waals surface area contributed by atoms with Gasteiger partial charge in [0.15, 0.2) is 0 Å². The van der Waals surface area contributed by atoms with Gasteiger partial charge in [-0.25, -0.2) is 0 Å². The highest BCUT2D eigenvalue weighted by Crippen LogP contribution is 2.21. The van der Waals surface area contributed by atoms with E-state index in [0.29, 0.717) is 25.9 Å². The zero-order chi connectivity index (χ0) is 23.3. The van der Waals surface area contributed by atoms with Gasteiger partial charge in [-0.15, -0.1) is 0 Å². The van der Waals surface area contributed by atoms with E-state index >= 15 is 0 Å². The third kappa shape index (κ3) is 9.38. The van der Waals surface area contributed by atoms with Crippen LogP contribution in [0.4, 0.5) is 4.79 Å². The van der Waals surface area contributed by atoms with Crippen molar-refractivity contribution in [2.75, 3.05) is 18.8 Å². The van der Waals surface area contributed by atoms with E-state index in [1.807, 2.05) is 6.92 Å². The largest absolute Gasteiger partial charge is 0.368 e. The molecule has 2 fully saturated rings. The number of thioether (sulfide) groups is 1. The average Bonchev–Trinajstić information content (AvgIpc) is 3.08. The average molecular weight is 469 g/mol. The standard InChI is InChI=1S/C23H40N4O4S/c1-2-19(22(24)30)27-15-17(13-21(27)29)14-25-20(28)16-32-23(31)26-18-11-9-7-5-3-4-6-8-10-12-18/h17-19H,2-16H2,1H3,(H2,24,30)(H,25,28)(H,26,31)/t17?,19-/m1/s1. The van der Waals surface area contributed by atoms with E-state index in [9.17, 15) is 19.2 Å². The minimum atomic E-state index is -0.589. The molecule has 1 saturated carbocycles. The number of carbonyl (C=O) groups is 4. The quantitative estimate of drug-likeness (QED) is 0.506. The predicted octanol–water partition coefficient (Wildman–Crippen LogP) is 2.94. The van der Waals surface area contributed by atoms with Crippen molar-refractivity contribution in [2.24, 2.45) is 11.7 Å². The number of hydrogen-bond acceptors (Lipinski definition) is 5. The summed E-state index contributed by atoms with van der Waals surface area (Å²) in [7, 11) is 0. The number of amides is 4. The van der Waals surface area contributed by atoms with Crippen LogP contribution in [0, 0.1) is 5.92 Å². The van der Waals surface area contributed by atoms with Crippen molar-refractivity contribution in [3.8, 4) is 0 Å². The molecule has 1 saturated heterocycles.